The predicted octanol–water partition coefficient (Wildman–Crippen LogP) is 1.65. The van der Waals surface area contributed by atoms with Crippen molar-refractivity contribution < 1.29 is 13.9 Å². The van der Waals surface area contributed by atoms with Crippen molar-refractivity contribution in [3.05, 3.63) is 35.1 Å². The highest BCUT2D eigenvalue weighted by molar-refractivity contribution is 7.08. The van der Waals surface area contributed by atoms with Gasteiger partial charge in [-0.15, -0.1) is 0 Å². The van der Waals surface area contributed by atoms with E-state index in [-0.39, 0.29) is 11.7 Å². The molecule has 3 rings (SSSR count). The molecular weight excluding hydrogens is 307 g/mol. The van der Waals surface area contributed by atoms with Gasteiger partial charge < -0.3 is 14.5 Å². The number of hydrogen-bond donors (Lipinski definition) is 0. The number of carbonyl (C=O) groups is 1. The lowest BCUT2D eigenvalue weighted by Crippen LogP contribution is -2.48. The molecule has 1 aliphatic rings. The molecule has 22 heavy (non-hydrogen) atoms. The highest BCUT2D eigenvalue weighted by Crippen LogP contribution is 2.20. The maximum Gasteiger partial charge on any atom is 0.265 e. The summed E-state index contributed by atoms with van der Waals surface area (Å²) in [6.45, 7) is 2.52. The Bertz CT molecular complexity index is 653. The van der Waals surface area contributed by atoms with Crippen LogP contribution in [0.4, 0.5) is 10.2 Å². The summed E-state index contributed by atoms with van der Waals surface area (Å²) in [4.78, 5) is 20.8. The number of hydrogen-bond acceptors (Lipinski definition) is 6. The fraction of sp³-hybridized carbons (Fsp3) is 0.357. The third-order valence-electron chi connectivity index (χ3n) is 3.51. The van der Waals surface area contributed by atoms with Gasteiger partial charge >= 0.3 is 0 Å². The van der Waals surface area contributed by atoms with E-state index in [4.69, 9.17) is 4.74 Å². The number of aromatic nitrogens is 2. The molecule has 1 saturated heterocycles. The molecule has 0 unspecified atom stereocenters. The fourth-order valence-corrected chi connectivity index (χ4v) is 2.98. The first-order valence-electron chi connectivity index (χ1n) is 6.84. The van der Waals surface area contributed by atoms with E-state index in [1.807, 2.05) is 4.90 Å². The maximum atomic E-state index is 12.9. The Morgan fingerprint density at radius 3 is 2.68 bits per heavy atom. The number of anilines is 1. The van der Waals surface area contributed by atoms with Gasteiger partial charge in [0, 0.05) is 32.2 Å². The van der Waals surface area contributed by atoms with Crippen molar-refractivity contribution in [3.8, 4) is 5.88 Å². The molecule has 0 bridgehead atoms. The SMILES string of the molecule is COc1cc(C(=O)N2CCN(c3ccc(F)cn3)CC2)sn1. The Hall–Kier alpha value is -2.22. The van der Waals surface area contributed by atoms with Crippen LogP contribution in [0.15, 0.2) is 24.4 Å². The van der Waals surface area contributed by atoms with E-state index in [0.29, 0.717) is 36.9 Å². The molecule has 3 heterocycles. The molecule has 2 aromatic heterocycles. The van der Waals surface area contributed by atoms with Crippen molar-refractivity contribution in [2.45, 2.75) is 0 Å². The summed E-state index contributed by atoms with van der Waals surface area (Å²) in [6.07, 6.45) is 1.20. The van der Waals surface area contributed by atoms with Gasteiger partial charge in [0.1, 0.15) is 16.5 Å². The molecule has 2 aromatic rings. The van der Waals surface area contributed by atoms with Crippen molar-refractivity contribution in [1.82, 2.24) is 14.3 Å². The number of amides is 1. The molecule has 0 aliphatic carbocycles. The fourth-order valence-electron chi connectivity index (χ4n) is 2.31. The molecule has 0 aromatic carbocycles. The molecule has 8 heteroatoms. The lowest BCUT2D eigenvalue weighted by atomic mass is 10.3. The molecular formula is C14H15FN4O2S. The number of nitrogens with zero attached hydrogens (tertiary/aromatic N) is 4. The highest BCUT2D eigenvalue weighted by atomic mass is 32.1. The monoisotopic (exact) mass is 322 g/mol. The lowest BCUT2D eigenvalue weighted by molar-refractivity contribution is 0.0751. The van der Waals surface area contributed by atoms with Crippen molar-refractivity contribution in [2.24, 2.45) is 0 Å². The van der Waals surface area contributed by atoms with Gasteiger partial charge in [0.25, 0.3) is 5.91 Å². The number of methoxy groups -OCH3 is 1. The molecule has 1 amide bonds. The van der Waals surface area contributed by atoms with Crippen LogP contribution in [0.1, 0.15) is 9.67 Å². The zero-order chi connectivity index (χ0) is 15.5. The van der Waals surface area contributed by atoms with Crippen LogP contribution in [0, 0.1) is 5.82 Å². The van der Waals surface area contributed by atoms with E-state index in [1.165, 1.54) is 19.4 Å². The van der Waals surface area contributed by atoms with Gasteiger partial charge in [-0.25, -0.2) is 9.37 Å². The van der Waals surface area contributed by atoms with Gasteiger partial charge in [0.15, 0.2) is 0 Å². The minimum Gasteiger partial charge on any atom is -0.480 e. The zero-order valence-electron chi connectivity index (χ0n) is 12.0. The second kappa shape index (κ2) is 6.27. The molecule has 6 nitrogen and oxygen atoms in total. The quantitative estimate of drug-likeness (QED) is 0.860. The average Bonchev–Trinajstić information content (AvgIpc) is 3.04. The molecule has 0 saturated carbocycles. The number of halogens is 1. The summed E-state index contributed by atoms with van der Waals surface area (Å²) >= 11 is 1.14. The van der Waals surface area contributed by atoms with Crippen LogP contribution < -0.4 is 9.64 Å². The summed E-state index contributed by atoms with van der Waals surface area (Å²) < 4.78 is 21.9. The van der Waals surface area contributed by atoms with Crippen LogP contribution >= 0.6 is 11.5 Å². The topological polar surface area (TPSA) is 58.6 Å². The Labute approximate surface area is 131 Å². The molecule has 0 radical (unpaired) electrons. The molecule has 1 aliphatic heterocycles. The first-order valence-corrected chi connectivity index (χ1v) is 7.61. The Kier molecular flexibility index (Phi) is 4.19. The standard InChI is InChI=1S/C14H15FN4O2S/c1-21-13-8-11(22-17-13)14(20)19-6-4-18(5-7-19)12-3-2-10(15)9-16-12/h2-3,8-9H,4-7H2,1H3. The number of piperazine rings is 1. The van der Waals surface area contributed by atoms with Crippen molar-refractivity contribution >= 4 is 23.3 Å². The van der Waals surface area contributed by atoms with E-state index >= 15 is 0 Å². The van der Waals surface area contributed by atoms with Crippen molar-refractivity contribution in [1.29, 1.82) is 0 Å². The van der Waals surface area contributed by atoms with Crippen LogP contribution in [-0.2, 0) is 0 Å². The smallest absolute Gasteiger partial charge is 0.265 e. The number of rotatable bonds is 3. The average molecular weight is 322 g/mol. The summed E-state index contributed by atoms with van der Waals surface area (Å²) in [5.74, 6) is 0.805. The van der Waals surface area contributed by atoms with Crippen LogP contribution in [0.25, 0.3) is 0 Å². The van der Waals surface area contributed by atoms with E-state index in [0.717, 1.165) is 17.4 Å². The second-order valence-corrected chi connectivity index (χ2v) is 5.65. The summed E-state index contributed by atoms with van der Waals surface area (Å²) in [5, 5.41) is 0. The van der Waals surface area contributed by atoms with Crippen LogP contribution in [-0.4, -0.2) is 53.5 Å². The van der Waals surface area contributed by atoms with Gasteiger partial charge in [0.2, 0.25) is 5.88 Å². The predicted molar refractivity (Wildman–Crippen MR) is 81.0 cm³/mol. The zero-order valence-corrected chi connectivity index (χ0v) is 12.8. The summed E-state index contributed by atoms with van der Waals surface area (Å²) in [5.41, 5.74) is 0. The molecule has 0 spiro atoms. The number of ether oxygens (including phenoxy) is 1. The van der Waals surface area contributed by atoms with E-state index in [1.54, 1.807) is 17.0 Å². The van der Waals surface area contributed by atoms with Gasteiger partial charge in [-0.3, -0.25) is 4.79 Å². The minimum absolute atomic E-state index is 0.0347. The minimum atomic E-state index is -0.350. The number of carbonyl (C=O) groups excluding carboxylic acids is 1. The summed E-state index contributed by atoms with van der Waals surface area (Å²) in [6, 6.07) is 4.70. The molecule has 0 atom stereocenters. The Balaban J connectivity index is 1.61. The summed E-state index contributed by atoms with van der Waals surface area (Å²) in [7, 11) is 1.53. The molecule has 1 fully saturated rings. The lowest BCUT2D eigenvalue weighted by Gasteiger charge is -2.35. The van der Waals surface area contributed by atoms with Crippen molar-refractivity contribution in [2.75, 3.05) is 38.2 Å². The second-order valence-electron chi connectivity index (χ2n) is 4.85. The Morgan fingerprint density at radius 1 is 1.32 bits per heavy atom. The third kappa shape index (κ3) is 3.01. The van der Waals surface area contributed by atoms with Gasteiger partial charge in [-0.1, -0.05) is 0 Å². The van der Waals surface area contributed by atoms with Crippen LogP contribution in [0.2, 0.25) is 0 Å². The largest absolute Gasteiger partial charge is 0.480 e. The normalized spacial score (nSPS) is 15.0. The molecule has 116 valence electrons. The van der Waals surface area contributed by atoms with Crippen LogP contribution in [0.3, 0.4) is 0 Å². The third-order valence-corrected chi connectivity index (χ3v) is 4.27. The maximum absolute atomic E-state index is 12.9. The van der Waals surface area contributed by atoms with Gasteiger partial charge in [-0.05, 0) is 23.7 Å². The van der Waals surface area contributed by atoms with E-state index in [2.05, 4.69) is 9.36 Å². The van der Waals surface area contributed by atoms with Gasteiger partial charge in [0.05, 0.1) is 13.3 Å². The van der Waals surface area contributed by atoms with Crippen LogP contribution in [0.5, 0.6) is 5.88 Å². The van der Waals surface area contributed by atoms with E-state index < -0.39 is 0 Å². The highest BCUT2D eigenvalue weighted by Gasteiger charge is 2.24. The number of pyridine rings is 1. The van der Waals surface area contributed by atoms with Gasteiger partial charge in [-0.2, -0.15) is 4.37 Å². The van der Waals surface area contributed by atoms with E-state index in [9.17, 15) is 9.18 Å². The Morgan fingerprint density at radius 2 is 2.09 bits per heavy atom. The van der Waals surface area contributed by atoms with Crippen molar-refractivity contribution in [3.63, 3.8) is 0 Å². The first-order chi connectivity index (χ1) is 10.7. The molecule has 0 N–H and O–H groups in total. The first kappa shape index (κ1) is 14.7.